The van der Waals surface area contributed by atoms with Gasteiger partial charge >= 0.3 is 0 Å². The van der Waals surface area contributed by atoms with Crippen molar-refractivity contribution in [3.63, 3.8) is 0 Å². The second-order valence-corrected chi connectivity index (χ2v) is 4.69. The summed E-state index contributed by atoms with van der Waals surface area (Å²) in [6, 6.07) is 0. The molecule has 0 aromatic carbocycles. The van der Waals surface area contributed by atoms with Crippen molar-refractivity contribution in [1.82, 2.24) is 0 Å². The lowest BCUT2D eigenvalue weighted by Gasteiger charge is -2.29. The average Bonchev–Trinajstić information content (AvgIpc) is 1.91. The molecule has 1 fully saturated rings. The van der Waals surface area contributed by atoms with E-state index >= 15 is 0 Å². The predicted molar refractivity (Wildman–Crippen MR) is 48.9 cm³/mol. The van der Waals surface area contributed by atoms with E-state index in [0.29, 0.717) is 5.92 Å². The highest BCUT2D eigenvalue weighted by atomic mass is 16.3. The second-order valence-electron chi connectivity index (χ2n) is 4.69. The fraction of sp³-hybridized carbons (Fsp3) is 1.00. The van der Waals surface area contributed by atoms with Crippen molar-refractivity contribution in [3.8, 4) is 0 Å². The van der Waals surface area contributed by atoms with Crippen LogP contribution >= 0.6 is 0 Å². The second kappa shape index (κ2) is 3.75. The van der Waals surface area contributed by atoms with Gasteiger partial charge in [0.2, 0.25) is 0 Å². The topological polar surface area (TPSA) is 40.5 Å². The zero-order valence-electron chi connectivity index (χ0n) is 8.08. The summed E-state index contributed by atoms with van der Waals surface area (Å²) in [5.74, 6) is 0.619. The van der Waals surface area contributed by atoms with Crippen molar-refractivity contribution in [1.29, 1.82) is 0 Å². The molecule has 0 spiro atoms. The molecule has 0 atom stereocenters. The maximum Gasteiger partial charge on any atom is 0.0594 e. The first kappa shape index (κ1) is 10.0. The first-order valence-electron chi connectivity index (χ1n) is 4.88. The van der Waals surface area contributed by atoms with Crippen LogP contribution in [-0.2, 0) is 0 Å². The molecule has 1 aliphatic carbocycles. The largest absolute Gasteiger partial charge is 0.393 e. The summed E-state index contributed by atoms with van der Waals surface area (Å²) in [6.45, 7) is 3.72. The van der Waals surface area contributed by atoms with E-state index in [1.165, 1.54) is 0 Å². The standard InChI is InChI=1S/C10H20O2/c1-10(2,12)7-8-3-5-9(11)6-4-8/h8-9,11-12H,3-7H2,1-2H3. The van der Waals surface area contributed by atoms with E-state index < -0.39 is 5.60 Å². The minimum atomic E-state index is -0.535. The molecule has 2 nitrogen and oxygen atoms in total. The summed E-state index contributed by atoms with van der Waals surface area (Å²) < 4.78 is 0. The zero-order valence-corrected chi connectivity index (χ0v) is 8.08. The van der Waals surface area contributed by atoms with Gasteiger partial charge in [-0.15, -0.1) is 0 Å². The highest BCUT2D eigenvalue weighted by Crippen LogP contribution is 2.30. The molecule has 0 aromatic rings. The van der Waals surface area contributed by atoms with Crippen molar-refractivity contribution < 1.29 is 10.2 Å². The minimum absolute atomic E-state index is 0.0805. The number of rotatable bonds is 2. The van der Waals surface area contributed by atoms with E-state index in [1.54, 1.807) is 0 Å². The van der Waals surface area contributed by atoms with Gasteiger partial charge in [-0.3, -0.25) is 0 Å². The first-order chi connectivity index (χ1) is 5.47. The molecule has 1 saturated carbocycles. The quantitative estimate of drug-likeness (QED) is 0.665. The summed E-state index contributed by atoms with van der Waals surface area (Å²) in [7, 11) is 0. The van der Waals surface area contributed by atoms with Gasteiger partial charge in [-0.1, -0.05) is 0 Å². The van der Waals surface area contributed by atoms with E-state index in [9.17, 15) is 10.2 Å². The van der Waals surface area contributed by atoms with Gasteiger partial charge in [0.15, 0.2) is 0 Å². The Morgan fingerprint density at radius 2 is 1.67 bits per heavy atom. The van der Waals surface area contributed by atoms with E-state index in [2.05, 4.69) is 0 Å². The normalized spacial score (nSPS) is 32.0. The van der Waals surface area contributed by atoms with Crippen LogP contribution in [0.4, 0.5) is 0 Å². The highest BCUT2D eigenvalue weighted by Gasteiger charge is 2.24. The van der Waals surface area contributed by atoms with Crippen molar-refractivity contribution in [2.75, 3.05) is 0 Å². The molecule has 0 amide bonds. The lowest BCUT2D eigenvalue weighted by Crippen LogP contribution is -2.27. The molecule has 0 saturated heterocycles. The molecule has 0 heterocycles. The smallest absolute Gasteiger partial charge is 0.0594 e. The van der Waals surface area contributed by atoms with Gasteiger partial charge in [0.05, 0.1) is 11.7 Å². The maximum absolute atomic E-state index is 9.57. The number of hydrogen-bond acceptors (Lipinski definition) is 2. The third-order valence-electron chi connectivity index (χ3n) is 2.60. The number of aliphatic hydroxyl groups excluding tert-OH is 1. The van der Waals surface area contributed by atoms with Gasteiger partial charge in [0, 0.05) is 0 Å². The zero-order chi connectivity index (χ0) is 9.19. The van der Waals surface area contributed by atoms with Crippen LogP contribution in [0.5, 0.6) is 0 Å². The molecule has 12 heavy (non-hydrogen) atoms. The van der Waals surface area contributed by atoms with Crippen LogP contribution in [0.1, 0.15) is 46.0 Å². The average molecular weight is 172 g/mol. The SMILES string of the molecule is CC(C)(O)CC1CCC(O)CC1. The molecular weight excluding hydrogens is 152 g/mol. The van der Waals surface area contributed by atoms with Crippen molar-refractivity contribution in [2.45, 2.75) is 57.7 Å². The fourth-order valence-electron chi connectivity index (χ4n) is 2.06. The predicted octanol–water partition coefficient (Wildman–Crippen LogP) is 1.70. The van der Waals surface area contributed by atoms with Gasteiger partial charge in [-0.05, 0) is 51.9 Å². The molecule has 1 rings (SSSR count). The summed E-state index contributed by atoms with van der Waals surface area (Å²) in [6.07, 6.45) is 4.78. The molecular formula is C10H20O2. The van der Waals surface area contributed by atoms with Crippen LogP contribution < -0.4 is 0 Å². The summed E-state index contributed by atoms with van der Waals surface area (Å²) in [4.78, 5) is 0. The number of aliphatic hydroxyl groups is 2. The van der Waals surface area contributed by atoms with Gasteiger partial charge < -0.3 is 10.2 Å². The lowest BCUT2D eigenvalue weighted by molar-refractivity contribution is 0.0306. The Balaban J connectivity index is 2.26. The first-order valence-corrected chi connectivity index (χ1v) is 4.88. The molecule has 2 N–H and O–H groups in total. The third kappa shape index (κ3) is 3.55. The highest BCUT2D eigenvalue weighted by molar-refractivity contribution is 4.77. The van der Waals surface area contributed by atoms with Gasteiger partial charge in [-0.2, -0.15) is 0 Å². The molecule has 0 aromatic heterocycles. The monoisotopic (exact) mass is 172 g/mol. The van der Waals surface area contributed by atoms with Gasteiger partial charge in [0.25, 0.3) is 0 Å². The van der Waals surface area contributed by atoms with E-state index in [0.717, 1.165) is 32.1 Å². The Morgan fingerprint density at radius 1 is 1.17 bits per heavy atom. The molecule has 2 heteroatoms. The van der Waals surface area contributed by atoms with Gasteiger partial charge in [-0.25, -0.2) is 0 Å². The fourth-order valence-corrected chi connectivity index (χ4v) is 2.06. The van der Waals surface area contributed by atoms with Crippen molar-refractivity contribution in [2.24, 2.45) is 5.92 Å². The van der Waals surface area contributed by atoms with E-state index in [-0.39, 0.29) is 6.10 Å². The Kier molecular flexibility index (Phi) is 3.13. The third-order valence-corrected chi connectivity index (χ3v) is 2.60. The van der Waals surface area contributed by atoms with Crippen LogP contribution in [0.25, 0.3) is 0 Å². The molecule has 1 aliphatic rings. The van der Waals surface area contributed by atoms with Crippen LogP contribution in [0.15, 0.2) is 0 Å². The molecule has 0 bridgehead atoms. The molecule has 0 aliphatic heterocycles. The van der Waals surface area contributed by atoms with Gasteiger partial charge in [0.1, 0.15) is 0 Å². The van der Waals surface area contributed by atoms with Crippen LogP contribution in [-0.4, -0.2) is 21.9 Å². The minimum Gasteiger partial charge on any atom is -0.393 e. The van der Waals surface area contributed by atoms with E-state index in [4.69, 9.17) is 0 Å². The van der Waals surface area contributed by atoms with Crippen molar-refractivity contribution in [3.05, 3.63) is 0 Å². The van der Waals surface area contributed by atoms with Crippen LogP contribution in [0.3, 0.4) is 0 Å². The molecule has 72 valence electrons. The number of hydrogen-bond donors (Lipinski definition) is 2. The van der Waals surface area contributed by atoms with Crippen LogP contribution in [0.2, 0.25) is 0 Å². The van der Waals surface area contributed by atoms with Crippen molar-refractivity contribution >= 4 is 0 Å². The van der Waals surface area contributed by atoms with Crippen LogP contribution in [0, 0.1) is 5.92 Å². The summed E-state index contributed by atoms with van der Waals surface area (Å²) in [5, 5.41) is 18.8. The Labute approximate surface area is 74.6 Å². The molecule has 0 unspecified atom stereocenters. The Morgan fingerprint density at radius 3 is 2.08 bits per heavy atom. The Bertz CT molecular complexity index is 129. The van der Waals surface area contributed by atoms with E-state index in [1.807, 2.05) is 13.8 Å². The summed E-state index contributed by atoms with van der Waals surface area (Å²) in [5.41, 5.74) is -0.535. The lowest BCUT2D eigenvalue weighted by atomic mass is 9.81. The Hall–Kier alpha value is -0.0800. The molecule has 0 radical (unpaired) electrons. The maximum atomic E-state index is 9.57. The summed E-state index contributed by atoms with van der Waals surface area (Å²) >= 11 is 0.